The Morgan fingerprint density at radius 2 is 1.92 bits per heavy atom. The topological polar surface area (TPSA) is 111 Å². The number of benzene rings is 1. The molecule has 0 aliphatic heterocycles. The zero-order chi connectivity index (χ0) is 18.2. The molecule has 9 heteroatoms. The maximum Gasteiger partial charge on any atom is 0.356 e. The number of rotatable bonds is 8. The Hall–Kier alpha value is -2.71. The maximum absolute atomic E-state index is 12.3. The molecule has 2 aromatic rings. The summed E-state index contributed by atoms with van der Waals surface area (Å²) in [5, 5.41) is 11.7. The minimum atomic E-state index is -1.22. The number of halogens is 1. The van der Waals surface area contributed by atoms with E-state index in [0.717, 1.165) is 12.4 Å². The van der Waals surface area contributed by atoms with Crippen molar-refractivity contribution in [1.29, 1.82) is 0 Å². The van der Waals surface area contributed by atoms with Gasteiger partial charge in [-0.25, -0.2) is 14.8 Å². The van der Waals surface area contributed by atoms with Crippen molar-refractivity contribution in [3.8, 4) is 5.75 Å². The maximum atomic E-state index is 12.3. The largest absolute Gasteiger partial charge is 0.487 e. The van der Waals surface area contributed by atoms with Gasteiger partial charge in [-0.3, -0.25) is 4.79 Å². The van der Waals surface area contributed by atoms with Gasteiger partial charge in [0.05, 0.1) is 29.7 Å². The third-order valence-electron chi connectivity index (χ3n) is 3.00. The zero-order valence-electron chi connectivity index (χ0n) is 13.4. The van der Waals surface area contributed by atoms with E-state index in [4.69, 9.17) is 26.2 Å². The quantitative estimate of drug-likeness (QED) is 0.691. The molecule has 0 atom stereocenters. The van der Waals surface area contributed by atoms with E-state index in [1.807, 2.05) is 6.92 Å². The van der Waals surface area contributed by atoms with Crippen molar-refractivity contribution in [3.05, 3.63) is 47.0 Å². The van der Waals surface area contributed by atoms with Crippen molar-refractivity contribution in [2.45, 2.75) is 6.92 Å². The van der Waals surface area contributed by atoms with Gasteiger partial charge in [-0.1, -0.05) is 17.7 Å². The van der Waals surface area contributed by atoms with Gasteiger partial charge in [-0.2, -0.15) is 0 Å². The molecule has 0 radical (unpaired) electrons. The second-order valence-corrected chi connectivity index (χ2v) is 5.12. The van der Waals surface area contributed by atoms with Gasteiger partial charge in [0.15, 0.2) is 11.4 Å². The second-order valence-electron chi connectivity index (χ2n) is 4.71. The van der Waals surface area contributed by atoms with Crippen LogP contribution >= 0.6 is 11.6 Å². The van der Waals surface area contributed by atoms with Crippen molar-refractivity contribution in [2.75, 3.05) is 25.1 Å². The molecule has 0 unspecified atom stereocenters. The summed E-state index contributed by atoms with van der Waals surface area (Å²) in [5.41, 5.74) is 0.0719. The summed E-state index contributed by atoms with van der Waals surface area (Å²) >= 11 is 6.12. The number of nitrogens with zero attached hydrogens (tertiary/aromatic N) is 2. The molecule has 2 N–H and O–H groups in total. The molecule has 1 heterocycles. The molecular formula is C16H16ClN3O5. The van der Waals surface area contributed by atoms with Gasteiger partial charge >= 0.3 is 5.97 Å². The Labute approximate surface area is 148 Å². The minimum Gasteiger partial charge on any atom is -0.487 e. The predicted molar refractivity (Wildman–Crippen MR) is 90.4 cm³/mol. The Morgan fingerprint density at radius 3 is 2.56 bits per heavy atom. The smallest absolute Gasteiger partial charge is 0.356 e. The number of para-hydroxylation sites is 1. The first-order valence-electron chi connectivity index (χ1n) is 7.38. The molecule has 1 aromatic heterocycles. The molecule has 0 saturated carbocycles. The average Bonchev–Trinajstić information content (AvgIpc) is 2.60. The first kappa shape index (κ1) is 18.6. The molecule has 0 aliphatic carbocycles. The van der Waals surface area contributed by atoms with Crippen LogP contribution in [0.5, 0.6) is 5.75 Å². The summed E-state index contributed by atoms with van der Waals surface area (Å²) in [5.74, 6) is -1.48. The molecule has 132 valence electrons. The standard InChI is InChI=1S/C16H16ClN3O5/c1-2-24-6-7-25-14-10(17)4-3-5-11(14)20-15(21)12-8-19-13(9-18-12)16(22)23/h3-5,8-9H,2,6-7H2,1H3,(H,20,21)(H,22,23). The molecular weight excluding hydrogens is 350 g/mol. The summed E-state index contributed by atoms with van der Waals surface area (Å²) in [6.07, 6.45) is 2.09. The Kier molecular flexibility index (Phi) is 6.67. The number of ether oxygens (including phenoxy) is 2. The monoisotopic (exact) mass is 365 g/mol. The van der Waals surface area contributed by atoms with E-state index in [2.05, 4.69) is 15.3 Å². The van der Waals surface area contributed by atoms with Gasteiger partial charge < -0.3 is 19.9 Å². The van der Waals surface area contributed by atoms with Crippen LogP contribution in [0.25, 0.3) is 0 Å². The number of anilines is 1. The van der Waals surface area contributed by atoms with Crippen LogP contribution in [-0.4, -0.2) is 46.8 Å². The van der Waals surface area contributed by atoms with Crippen molar-refractivity contribution >= 4 is 29.2 Å². The Morgan fingerprint density at radius 1 is 1.20 bits per heavy atom. The van der Waals surface area contributed by atoms with E-state index in [0.29, 0.717) is 29.7 Å². The van der Waals surface area contributed by atoms with Crippen molar-refractivity contribution in [1.82, 2.24) is 9.97 Å². The minimum absolute atomic E-state index is 0.0368. The van der Waals surface area contributed by atoms with Crippen LogP contribution < -0.4 is 10.1 Å². The van der Waals surface area contributed by atoms with Crippen LogP contribution in [0, 0.1) is 0 Å². The highest BCUT2D eigenvalue weighted by Gasteiger charge is 2.15. The molecule has 0 bridgehead atoms. The van der Waals surface area contributed by atoms with Gasteiger partial charge in [0.25, 0.3) is 5.91 Å². The summed E-state index contributed by atoms with van der Waals surface area (Å²) in [4.78, 5) is 30.4. The van der Waals surface area contributed by atoms with Gasteiger partial charge in [-0.15, -0.1) is 0 Å². The molecule has 1 amide bonds. The van der Waals surface area contributed by atoms with Gasteiger partial charge in [0.2, 0.25) is 0 Å². The highest BCUT2D eigenvalue weighted by Crippen LogP contribution is 2.33. The van der Waals surface area contributed by atoms with Gasteiger partial charge in [0, 0.05) is 6.61 Å². The predicted octanol–water partition coefficient (Wildman–Crippen LogP) is 2.50. The normalized spacial score (nSPS) is 10.3. The van der Waals surface area contributed by atoms with E-state index in [9.17, 15) is 9.59 Å². The second kappa shape index (κ2) is 8.95. The number of hydrogen-bond donors (Lipinski definition) is 2. The first-order valence-corrected chi connectivity index (χ1v) is 7.76. The van der Waals surface area contributed by atoms with Crippen LogP contribution in [0.3, 0.4) is 0 Å². The van der Waals surface area contributed by atoms with Crippen LogP contribution in [0.2, 0.25) is 5.02 Å². The molecule has 0 saturated heterocycles. The van der Waals surface area contributed by atoms with E-state index in [-0.39, 0.29) is 18.0 Å². The molecule has 2 rings (SSSR count). The van der Waals surface area contributed by atoms with Crippen molar-refractivity contribution in [2.24, 2.45) is 0 Å². The van der Waals surface area contributed by atoms with Crippen LogP contribution in [0.4, 0.5) is 5.69 Å². The highest BCUT2D eigenvalue weighted by atomic mass is 35.5. The number of amides is 1. The lowest BCUT2D eigenvalue weighted by molar-refractivity contribution is 0.0689. The number of carboxylic acids is 1. The fourth-order valence-corrected chi connectivity index (χ4v) is 2.07. The van der Waals surface area contributed by atoms with E-state index in [1.165, 1.54) is 0 Å². The average molecular weight is 366 g/mol. The highest BCUT2D eigenvalue weighted by molar-refractivity contribution is 6.32. The van der Waals surface area contributed by atoms with Gasteiger partial charge in [0.1, 0.15) is 12.3 Å². The SMILES string of the molecule is CCOCCOc1c(Cl)cccc1NC(=O)c1cnc(C(=O)O)cn1. The van der Waals surface area contributed by atoms with Crippen LogP contribution in [0.15, 0.2) is 30.6 Å². The van der Waals surface area contributed by atoms with E-state index in [1.54, 1.807) is 18.2 Å². The zero-order valence-corrected chi connectivity index (χ0v) is 14.1. The number of carbonyl (C=O) groups is 2. The summed E-state index contributed by atoms with van der Waals surface area (Å²) in [6.45, 7) is 3.10. The molecule has 0 aliphatic rings. The molecule has 25 heavy (non-hydrogen) atoms. The van der Waals surface area contributed by atoms with Gasteiger partial charge in [-0.05, 0) is 19.1 Å². The number of hydrogen-bond acceptors (Lipinski definition) is 6. The Bertz CT molecular complexity index is 752. The number of nitrogens with one attached hydrogen (secondary N) is 1. The molecule has 1 aromatic carbocycles. The molecule has 8 nitrogen and oxygen atoms in total. The summed E-state index contributed by atoms with van der Waals surface area (Å²) < 4.78 is 10.8. The fraction of sp³-hybridized carbons (Fsp3) is 0.250. The lowest BCUT2D eigenvalue weighted by atomic mass is 10.2. The summed E-state index contributed by atoms with van der Waals surface area (Å²) in [7, 11) is 0. The number of carbonyl (C=O) groups excluding carboxylic acids is 1. The van der Waals surface area contributed by atoms with Crippen LogP contribution in [0.1, 0.15) is 27.9 Å². The third-order valence-corrected chi connectivity index (χ3v) is 3.29. The Balaban J connectivity index is 2.11. The van der Waals surface area contributed by atoms with Crippen molar-refractivity contribution < 1.29 is 24.2 Å². The fourth-order valence-electron chi connectivity index (χ4n) is 1.84. The lowest BCUT2D eigenvalue weighted by Gasteiger charge is -2.13. The van der Waals surface area contributed by atoms with Crippen LogP contribution in [-0.2, 0) is 4.74 Å². The number of aromatic carboxylic acids is 1. The van der Waals surface area contributed by atoms with E-state index < -0.39 is 11.9 Å². The number of aromatic nitrogens is 2. The third kappa shape index (κ3) is 5.13. The molecule has 0 spiro atoms. The van der Waals surface area contributed by atoms with E-state index >= 15 is 0 Å². The van der Waals surface area contributed by atoms with Crippen molar-refractivity contribution in [3.63, 3.8) is 0 Å². The summed E-state index contributed by atoms with van der Waals surface area (Å²) in [6, 6.07) is 4.92. The first-order chi connectivity index (χ1) is 12.0. The molecule has 0 fully saturated rings. The number of carboxylic acid groups (broad SMARTS) is 1. The lowest BCUT2D eigenvalue weighted by Crippen LogP contribution is -2.16.